The van der Waals surface area contributed by atoms with Crippen LogP contribution in [-0.4, -0.2) is 27.0 Å². The van der Waals surface area contributed by atoms with Crippen molar-refractivity contribution in [3.8, 4) is 0 Å². The highest BCUT2D eigenvalue weighted by Crippen LogP contribution is 2.17. The summed E-state index contributed by atoms with van der Waals surface area (Å²) in [5.74, 6) is 0.323. The molecule has 31 heavy (non-hydrogen) atoms. The zero-order valence-electron chi connectivity index (χ0n) is 16.9. The Morgan fingerprint density at radius 2 is 1.87 bits per heavy atom. The smallest absolute Gasteiger partial charge is 0.268 e. The fourth-order valence-corrected chi connectivity index (χ4v) is 4.31. The first kappa shape index (κ1) is 21.1. The first-order valence-corrected chi connectivity index (χ1v) is 11.8. The predicted octanol–water partition coefficient (Wildman–Crippen LogP) is 4.95. The van der Waals surface area contributed by atoms with Crippen molar-refractivity contribution in [3.05, 3.63) is 99.4 Å². The molecule has 0 fully saturated rings. The third-order valence-electron chi connectivity index (χ3n) is 4.77. The molecule has 7 heteroatoms. The Morgan fingerprint density at radius 1 is 1.10 bits per heavy atom. The van der Waals surface area contributed by atoms with Crippen molar-refractivity contribution in [2.75, 3.05) is 6.26 Å². The molecule has 2 aromatic heterocycles. The van der Waals surface area contributed by atoms with Crippen LogP contribution in [0.5, 0.6) is 0 Å². The largest absolute Gasteiger partial charge is 0.327 e. The Kier molecular flexibility index (Phi) is 6.64. The van der Waals surface area contributed by atoms with E-state index in [-0.39, 0.29) is 18.0 Å². The molecule has 0 atom stereocenters. The number of aromatic amines is 1. The Morgan fingerprint density at radius 3 is 2.61 bits per heavy atom. The fourth-order valence-electron chi connectivity index (χ4n) is 3.18. The van der Waals surface area contributed by atoms with E-state index in [0.29, 0.717) is 22.6 Å². The second-order valence-corrected chi connectivity index (χ2v) is 8.73. The Bertz CT molecular complexity index is 1260. The molecule has 4 rings (SSSR count). The molecule has 5 nitrogen and oxygen atoms in total. The van der Waals surface area contributed by atoms with Gasteiger partial charge in [0.15, 0.2) is 0 Å². The summed E-state index contributed by atoms with van der Waals surface area (Å²) >= 11 is 3.04. The molecule has 0 aliphatic rings. The zero-order chi connectivity index (χ0) is 21.6. The predicted molar refractivity (Wildman–Crippen MR) is 128 cm³/mol. The van der Waals surface area contributed by atoms with Crippen LogP contribution in [0, 0.1) is 0 Å². The maximum atomic E-state index is 13.1. The zero-order valence-corrected chi connectivity index (χ0v) is 18.6. The molecule has 0 aliphatic carbocycles. The molecule has 0 aliphatic heterocycles. The van der Waals surface area contributed by atoms with E-state index in [1.165, 1.54) is 16.2 Å². The van der Waals surface area contributed by atoms with Gasteiger partial charge < -0.3 is 9.88 Å². The summed E-state index contributed by atoms with van der Waals surface area (Å²) in [4.78, 5) is 35.6. The number of benzene rings is 2. The molecular weight excluding hydrogens is 426 g/mol. The third kappa shape index (κ3) is 5.31. The molecule has 1 N–H and O–H groups in total. The number of fused-ring (bicyclic) bond motifs is 1. The summed E-state index contributed by atoms with van der Waals surface area (Å²) in [5, 5.41) is 1.84. The van der Waals surface area contributed by atoms with Gasteiger partial charge in [-0.05, 0) is 47.0 Å². The Hall–Kier alpha value is -3.16. The fraction of sp³-hybridized carbons (Fsp3) is 0.125. The molecule has 4 aromatic rings. The van der Waals surface area contributed by atoms with E-state index >= 15 is 0 Å². The molecule has 2 heterocycles. The average molecular weight is 448 g/mol. The van der Waals surface area contributed by atoms with E-state index < -0.39 is 0 Å². The number of thiophene rings is 1. The Balaban J connectivity index is 1.58. The van der Waals surface area contributed by atoms with Crippen molar-refractivity contribution in [1.82, 2.24) is 14.9 Å². The topological polar surface area (TPSA) is 66.1 Å². The molecule has 2 aromatic carbocycles. The summed E-state index contributed by atoms with van der Waals surface area (Å²) in [7, 11) is 0. The van der Waals surface area contributed by atoms with Crippen LogP contribution >= 0.6 is 23.1 Å². The van der Waals surface area contributed by atoms with Crippen molar-refractivity contribution >= 4 is 45.3 Å². The molecule has 156 valence electrons. The summed E-state index contributed by atoms with van der Waals surface area (Å²) in [6.45, 7) is 0.630. The number of hydrogen-bond acceptors (Lipinski definition) is 5. The van der Waals surface area contributed by atoms with Gasteiger partial charge in [-0.2, -0.15) is 0 Å². The van der Waals surface area contributed by atoms with Crippen molar-refractivity contribution < 1.29 is 4.79 Å². The lowest BCUT2D eigenvalue weighted by molar-refractivity contribution is -0.127. The van der Waals surface area contributed by atoms with Crippen molar-refractivity contribution in [2.24, 2.45) is 0 Å². The number of hydrogen-bond donors (Lipinski definition) is 1. The lowest BCUT2D eigenvalue weighted by atomic mass is 10.2. The molecule has 0 unspecified atom stereocenters. The highest BCUT2D eigenvalue weighted by Gasteiger charge is 2.15. The van der Waals surface area contributed by atoms with E-state index in [1.54, 1.807) is 22.7 Å². The quantitative estimate of drug-likeness (QED) is 0.322. The van der Waals surface area contributed by atoms with Gasteiger partial charge in [-0.15, -0.1) is 23.1 Å². The average Bonchev–Trinajstić information content (AvgIpc) is 3.27. The van der Waals surface area contributed by atoms with Crippen LogP contribution in [0.15, 0.2) is 81.8 Å². The molecule has 0 radical (unpaired) electrons. The molecule has 0 saturated heterocycles. The van der Waals surface area contributed by atoms with Gasteiger partial charge in [-0.1, -0.05) is 42.5 Å². The SMILES string of the molecule is CSc1ccc(C=CC(=O)N(Cc2ccccc2)Cc2nc3ccsc3c(=O)[nH]2)cc1. The summed E-state index contributed by atoms with van der Waals surface area (Å²) in [6.07, 6.45) is 5.41. The maximum Gasteiger partial charge on any atom is 0.268 e. The van der Waals surface area contributed by atoms with E-state index in [1.807, 2.05) is 78.4 Å². The third-order valence-corrected chi connectivity index (χ3v) is 6.41. The van der Waals surface area contributed by atoms with Gasteiger partial charge in [0.05, 0.1) is 12.1 Å². The number of carbonyl (C=O) groups excluding carboxylic acids is 1. The number of nitrogens with zero attached hydrogens (tertiary/aromatic N) is 2. The highest BCUT2D eigenvalue weighted by atomic mass is 32.2. The van der Waals surface area contributed by atoms with Gasteiger partial charge in [-0.25, -0.2) is 4.98 Å². The minimum absolute atomic E-state index is 0.147. The first-order valence-electron chi connectivity index (χ1n) is 9.74. The van der Waals surface area contributed by atoms with Crippen LogP contribution in [0.25, 0.3) is 16.3 Å². The van der Waals surface area contributed by atoms with Gasteiger partial charge >= 0.3 is 0 Å². The van der Waals surface area contributed by atoms with E-state index in [2.05, 4.69) is 9.97 Å². The van der Waals surface area contributed by atoms with Crippen LogP contribution in [0.3, 0.4) is 0 Å². The van der Waals surface area contributed by atoms with Crippen LogP contribution < -0.4 is 5.56 Å². The number of nitrogens with one attached hydrogen (secondary N) is 1. The number of H-pyrrole nitrogens is 1. The number of carbonyl (C=O) groups is 1. The van der Waals surface area contributed by atoms with Crippen LogP contribution in [-0.2, 0) is 17.9 Å². The number of rotatable bonds is 7. The number of aromatic nitrogens is 2. The second-order valence-electron chi connectivity index (χ2n) is 6.93. The summed E-state index contributed by atoms with van der Waals surface area (Å²) in [6, 6.07) is 19.6. The lowest BCUT2D eigenvalue weighted by Gasteiger charge is -2.21. The first-order chi connectivity index (χ1) is 15.1. The second kappa shape index (κ2) is 9.76. The van der Waals surface area contributed by atoms with Crippen LogP contribution in [0.1, 0.15) is 17.0 Å². The van der Waals surface area contributed by atoms with Crippen LogP contribution in [0.4, 0.5) is 0 Å². The monoisotopic (exact) mass is 447 g/mol. The van der Waals surface area contributed by atoms with Gasteiger partial charge in [-0.3, -0.25) is 9.59 Å². The standard InChI is InChI=1S/C24H21N3O2S2/c1-30-19-10-7-17(8-11-19)9-12-22(28)27(15-18-5-3-2-4-6-18)16-21-25-20-13-14-31-23(20)24(29)26-21/h2-14H,15-16H2,1H3,(H,25,26,29). The Labute approximate surface area is 188 Å². The number of amides is 1. The maximum absolute atomic E-state index is 13.1. The summed E-state index contributed by atoms with van der Waals surface area (Å²) in [5.41, 5.74) is 2.44. The normalized spacial score (nSPS) is 11.3. The highest BCUT2D eigenvalue weighted by molar-refractivity contribution is 7.98. The van der Waals surface area contributed by atoms with E-state index in [4.69, 9.17) is 0 Å². The minimum atomic E-state index is -0.175. The van der Waals surface area contributed by atoms with Crippen molar-refractivity contribution in [1.29, 1.82) is 0 Å². The molecule has 0 spiro atoms. The van der Waals surface area contributed by atoms with E-state index in [9.17, 15) is 9.59 Å². The van der Waals surface area contributed by atoms with Gasteiger partial charge in [0, 0.05) is 17.5 Å². The van der Waals surface area contributed by atoms with Crippen molar-refractivity contribution in [2.45, 2.75) is 18.0 Å². The number of thioether (sulfide) groups is 1. The van der Waals surface area contributed by atoms with Gasteiger partial charge in [0.1, 0.15) is 10.5 Å². The molecule has 0 saturated carbocycles. The lowest BCUT2D eigenvalue weighted by Crippen LogP contribution is -2.30. The van der Waals surface area contributed by atoms with Crippen molar-refractivity contribution in [3.63, 3.8) is 0 Å². The molecular formula is C24H21N3O2S2. The van der Waals surface area contributed by atoms with Gasteiger partial charge in [0.25, 0.3) is 5.56 Å². The van der Waals surface area contributed by atoms with Crippen LogP contribution in [0.2, 0.25) is 0 Å². The molecule has 1 amide bonds. The minimum Gasteiger partial charge on any atom is -0.327 e. The van der Waals surface area contributed by atoms with Gasteiger partial charge in [0.2, 0.25) is 5.91 Å². The molecule has 0 bridgehead atoms. The summed E-state index contributed by atoms with van der Waals surface area (Å²) < 4.78 is 0.596. The van der Waals surface area contributed by atoms with E-state index in [0.717, 1.165) is 11.1 Å².